The fourth-order valence-corrected chi connectivity index (χ4v) is 1.23. The lowest BCUT2D eigenvalue weighted by Crippen LogP contribution is -2.17. The number of hydrogen-bond acceptors (Lipinski definition) is 3. The normalized spacial score (nSPS) is 12.5. The number of rotatable bonds is 6. The minimum atomic E-state index is -0.329. The number of aromatic nitrogens is 1. The first-order valence-corrected chi connectivity index (χ1v) is 5.69. The molecule has 0 aromatic carbocycles. The van der Waals surface area contributed by atoms with Gasteiger partial charge < -0.3 is 10.1 Å². The molecule has 0 aliphatic heterocycles. The molecule has 3 nitrogen and oxygen atoms in total. The van der Waals surface area contributed by atoms with Crippen LogP contribution in [0.4, 0.5) is 4.39 Å². The predicted molar refractivity (Wildman–Crippen MR) is 62.0 cm³/mol. The number of nitrogens with one attached hydrogen (secondary N) is 1. The molecule has 1 unspecified atom stereocenters. The van der Waals surface area contributed by atoms with Crippen LogP contribution < -0.4 is 10.1 Å². The maximum Gasteiger partial charge on any atom is 0.218 e. The fourth-order valence-electron chi connectivity index (χ4n) is 1.23. The van der Waals surface area contributed by atoms with Crippen LogP contribution in [0.25, 0.3) is 0 Å². The van der Waals surface area contributed by atoms with Crippen molar-refractivity contribution in [2.75, 3.05) is 6.54 Å². The molecular weight excluding hydrogens is 207 g/mol. The molecule has 1 atom stereocenters. The van der Waals surface area contributed by atoms with E-state index in [2.05, 4.69) is 10.3 Å². The molecule has 0 aliphatic carbocycles. The number of nitrogens with zero attached hydrogens (tertiary/aromatic N) is 1. The van der Waals surface area contributed by atoms with Crippen LogP contribution in [0.5, 0.6) is 5.88 Å². The Morgan fingerprint density at radius 2 is 2.25 bits per heavy atom. The number of halogens is 1. The summed E-state index contributed by atoms with van der Waals surface area (Å²) in [7, 11) is 0. The fraction of sp³-hybridized carbons (Fsp3) is 0.583. The summed E-state index contributed by atoms with van der Waals surface area (Å²) in [6.45, 7) is 7.43. The largest absolute Gasteiger partial charge is 0.474 e. The van der Waals surface area contributed by atoms with Crippen LogP contribution in [0.2, 0.25) is 0 Å². The third-order valence-electron chi connectivity index (χ3n) is 2.35. The molecule has 0 amide bonds. The first-order valence-electron chi connectivity index (χ1n) is 5.69. The van der Waals surface area contributed by atoms with E-state index in [0.717, 1.165) is 18.5 Å². The van der Waals surface area contributed by atoms with E-state index in [1.807, 2.05) is 20.8 Å². The van der Waals surface area contributed by atoms with E-state index in [0.29, 0.717) is 12.4 Å². The van der Waals surface area contributed by atoms with Gasteiger partial charge in [-0.2, -0.15) is 0 Å². The van der Waals surface area contributed by atoms with Gasteiger partial charge in [-0.05, 0) is 26.0 Å². The van der Waals surface area contributed by atoms with Gasteiger partial charge in [0.2, 0.25) is 5.88 Å². The van der Waals surface area contributed by atoms with Crippen LogP contribution in [0.15, 0.2) is 12.3 Å². The Bertz CT molecular complexity index is 331. The van der Waals surface area contributed by atoms with Gasteiger partial charge in [0.05, 0.1) is 12.3 Å². The van der Waals surface area contributed by atoms with Gasteiger partial charge in [-0.25, -0.2) is 9.37 Å². The summed E-state index contributed by atoms with van der Waals surface area (Å²) in [6, 6.07) is 1.47. The highest BCUT2D eigenvalue weighted by Gasteiger charge is 2.09. The third-order valence-corrected chi connectivity index (χ3v) is 2.35. The van der Waals surface area contributed by atoms with Gasteiger partial charge in [-0.15, -0.1) is 0 Å². The molecular formula is C12H19FN2O. The Kier molecular flexibility index (Phi) is 5.19. The molecule has 1 N–H and O–H groups in total. The lowest BCUT2D eigenvalue weighted by Gasteiger charge is -2.15. The van der Waals surface area contributed by atoms with Gasteiger partial charge in [-0.1, -0.05) is 13.8 Å². The predicted octanol–water partition coefficient (Wildman–Crippen LogP) is 2.51. The van der Waals surface area contributed by atoms with Gasteiger partial charge in [0.1, 0.15) is 5.82 Å². The van der Waals surface area contributed by atoms with Gasteiger partial charge in [0.25, 0.3) is 0 Å². The molecule has 16 heavy (non-hydrogen) atoms. The second kappa shape index (κ2) is 6.43. The average molecular weight is 226 g/mol. The summed E-state index contributed by atoms with van der Waals surface area (Å²) in [6.07, 6.45) is 2.19. The maximum absolute atomic E-state index is 13.0. The van der Waals surface area contributed by atoms with Crippen molar-refractivity contribution in [2.24, 2.45) is 0 Å². The van der Waals surface area contributed by atoms with E-state index in [1.165, 1.54) is 12.3 Å². The first kappa shape index (κ1) is 12.9. The van der Waals surface area contributed by atoms with Crippen molar-refractivity contribution in [2.45, 2.75) is 39.8 Å². The van der Waals surface area contributed by atoms with E-state index in [9.17, 15) is 4.39 Å². The molecule has 0 saturated carbocycles. The molecule has 1 aromatic heterocycles. The van der Waals surface area contributed by atoms with Gasteiger partial charge in [0, 0.05) is 12.1 Å². The summed E-state index contributed by atoms with van der Waals surface area (Å²) >= 11 is 0. The Labute approximate surface area is 96.0 Å². The second-order valence-corrected chi connectivity index (χ2v) is 3.73. The molecule has 1 aromatic rings. The van der Waals surface area contributed by atoms with Crippen molar-refractivity contribution in [1.29, 1.82) is 0 Å². The maximum atomic E-state index is 13.0. The van der Waals surface area contributed by atoms with Gasteiger partial charge in [0.15, 0.2) is 0 Å². The van der Waals surface area contributed by atoms with Crippen LogP contribution >= 0.6 is 0 Å². The van der Waals surface area contributed by atoms with Crippen molar-refractivity contribution >= 4 is 0 Å². The first-order chi connectivity index (χ1) is 7.67. The van der Waals surface area contributed by atoms with Crippen molar-refractivity contribution in [3.8, 4) is 5.88 Å². The summed E-state index contributed by atoms with van der Waals surface area (Å²) in [5.41, 5.74) is 0.766. The highest BCUT2D eigenvalue weighted by molar-refractivity contribution is 5.26. The van der Waals surface area contributed by atoms with Crippen LogP contribution in [0, 0.1) is 5.82 Å². The molecule has 0 spiro atoms. The topological polar surface area (TPSA) is 34.2 Å². The molecule has 0 saturated heterocycles. The Hall–Kier alpha value is -1.16. The molecule has 1 rings (SSSR count). The second-order valence-electron chi connectivity index (χ2n) is 3.73. The molecule has 4 heteroatoms. The Morgan fingerprint density at radius 1 is 1.50 bits per heavy atom. The van der Waals surface area contributed by atoms with Crippen LogP contribution in [-0.4, -0.2) is 17.6 Å². The molecule has 1 heterocycles. The average Bonchev–Trinajstić information content (AvgIpc) is 2.29. The van der Waals surface area contributed by atoms with Crippen molar-refractivity contribution in [3.63, 3.8) is 0 Å². The zero-order valence-corrected chi connectivity index (χ0v) is 10.1. The summed E-state index contributed by atoms with van der Waals surface area (Å²) in [5, 5.41) is 3.14. The molecule has 0 fully saturated rings. The minimum absolute atomic E-state index is 0.0957. The smallest absolute Gasteiger partial charge is 0.218 e. The van der Waals surface area contributed by atoms with Gasteiger partial charge >= 0.3 is 0 Å². The van der Waals surface area contributed by atoms with Crippen LogP contribution in [0.1, 0.15) is 32.8 Å². The lowest BCUT2D eigenvalue weighted by atomic mass is 10.2. The molecule has 0 aliphatic rings. The summed E-state index contributed by atoms with van der Waals surface area (Å²) in [4.78, 5) is 3.98. The minimum Gasteiger partial charge on any atom is -0.474 e. The number of hydrogen-bond donors (Lipinski definition) is 1. The Balaban J connectivity index is 2.80. The summed E-state index contributed by atoms with van der Waals surface area (Å²) < 4.78 is 18.7. The lowest BCUT2D eigenvalue weighted by molar-refractivity contribution is 0.205. The summed E-state index contributed by atoms with van der Waals surface area (Å²) in [5.74, 6) is 0.195. The molecule has 0 radical (unpaired) electrons. The van der Waals surface area contributed by atoms with Crippen molar-refractivity contribution in [1.82, 2.24) is 10.3 Å². The molecule has 0 bridgehead atoms. The Morgan fingerprint density at radius 3 is 2.88 bits per heavy atom. The quantitative estimate of drug-likeness (QED) is 0.809. The SMILES string of the molecule is CCNCc1cc(F)cnc1OC(C)CC. The molecule has 90 valence electrons. The number of ether oxygens (including phenoxy) is 1. The van der Waals surface area contributed by atoms with Crippen molar-refractivity contribution < 1.29 is 9.13 Å². The standard InChI is InChI=1S/C12H19FN2O/c1-4-9(3)16-12-10(7-14-5-2)6-11(13)8-15-12/h6,8-9,14H,4-5,7H2,1-3H3. The van der Waals surface area contributed by atoms with E-state index in [1.54, 1.807) is 0 Å². The third kappa shape index (κ3) is 3.77. The zero-order chi connectivity index (χ0) is 12.0. The highest BCUT2D eigenvalue weighted by atomic mass is 19.1. The van der Waals surface area contributed by atoms with E-state index < -0.39 is 0 Å². The highest BCUT2D eigenvalue weighted by Crippen LogP contribution is 2.18. The van der Waals surface area contributed by atoms with Crippen LogP contribution in [0.3, 0.4) is 0 Å². The van der Waals surface area contributed by atoms with Crippen LogP contribution in [-0.2, 0) is 6.54 Å². The van der Waals surface area contributed by atoms with Crippen molar-refractivity contribution in [3.05, 3.63) is 23.6 Å². The van der Waals surface area contributed by atoms with E-state index in [4.69, 9.17) is 4.74 Å². The zero-order valence-electron chi connectivity index (χ0n) is 10.1. The van der Waals surface area contributed by atoms with E-state index in [-0.39, 0.29) is 11.9 Å². The van der Waals surface area contributed by atoms with Gasteiger partial charge in [-0.3, -0.25) is 0 Å². The monoisotopic (exact) mass is 226 g/mol. The van der Waals surface area contributed by atoms with E-state index >= 15 is 0 Å². The number of pyridine rings is 1.